The highest BCUT2D eigenvalue weighted by atomic mass is 79.9. The van der Waals surface area contributed by atoms with Gasteiger partial charge in [0.2, 0.25) is 12.3 Å². The zero-order valence-electron chi connectivity index (χ0n) is 10.5. The first-order valence-electron chi connectivity index (χ1n) is 5.94. The molecule has 0 bridgehead atoms. The summed E-state index contributed by atoms with van der Waals surface area (Å²) >= 11 is 3.35. The fraction of sp³-hybridized carbons (Fsp3) is 0.231. The average Bonchev–Trinajstić information content (AvgIpc) is 2.88. The smallest absolute Gasteiger partial charge is 0.345 e. The van der Waals surface area contributed by atoms with Gasteiger partial charge in [-0.25, -0.2) is 4.79 Å². The fourth-order valence-corrected chi connectivity index (χ4v) is 2.61. The highest BCUT2D eigenvalue weighted by Gasteiger charge is 2.24. The van der Waals surface area contributed by atoms with Crippen LogP contribution in [0.15, 0.2) is 22.8 Å². The van der Waals surface area contributed by atoms with Crippen LogP contribution in [0.3, 0.4) is 0 Å². The largest absolute Gasteiger partial charge is 0.618 e. The number of rotatable bonds is 2. The first kappa shape index (κ1) is 13.0. The normalized spacial score (nSPS) is 12.7. The average molecular weight is 340 g/mol. The van der Waals surface area contributed by atoms with Crippen molar-refractivity contribution in [2.24, 2.45) is 0 Å². The van der Waals surface area contributed by atoms with E-state index in [1.807, 2.05) is 0 Å². The van der Waals surface area contributed by atoms with Gasteiger partial charge in [-0.3, -0.25) is 0 Å². The van der Waals surface area contributed by atoms with Gasteiger partial charge in [0.25, 0.3) is 0 Å². The van der Waals surface area contributed by atoms with Crippen molar-refractivity contribution in [3.05, 3.63) is 33.6 Å². The van der Waals surface area contributed by atoms with Gasteiger partial charge in [0.1, 0.15) is 5.56 Å². The number of aromatic nitrogens is 1. The number of esters is 1. The van der Waals surface area contributed by atoms with Crippen molar-refractivity contribution in [3.63, 3.8) is 0 Å². The number of ether oxygens (including phenoxy) is 3. The van der Waals surface area contributed by atoms with Crippen molar-refractivity contribution in [1.82, 2.24) is 0 Å². The molecule has 104 valence electrons. The molecule has 2 heterocycles. The molecule has 0 N–H and O–H groups in total. The van der Waals surface area contributed by atoms with Crippen molar-refractivity contribution in [2.75, 3.05) is 13.4 Å². The van der Waals surface area contributed by atoms with E-state index in [-0.39, 0.29) is 19.0 Å². The number of nitrogens with zero attached hydrogens (tertiary/aromatic N) is 1. The molecule has 0 aliphatic carbocycles. The summed E-state index contributed by atoms with van der Waals surface area (Å²) in [6, 6.07) is 3.25. The molecule has 0 radical (unpaired) electrons. The molecule has 1 aliphatic heterocycles. The van der Waals surface area contributed by atoms with Crippen LogP contribution in [-0.4, -0.2) is 19.4 Å². The van der Waals surface area contributed by atoms with Gasteiger partial charge < -0.3 is 19.4 Å². The minimum absolute atomic E-state index is 0.118. The SMILES string of the molecule is CCOC(=O)c1c[n+]([O-])c2cc3c(cc2c1Br)OCO3. The van der Waals surface area contributed by atoms with E-state index in [9.17, 15) is 10.0 Å². The number of carbonyl (C=O) groups excluding carboxylic acids is 1. The van der Waals surface area contributed by atoms with E-state index in [2.05, 4.69) is 15.9 Å². The lowest BCUT2D eigenvalue weighted by molar-refractivity contribution is -0.577. The van der Waals surface area contributed by atoms with Crippen molar-refractivity contribution in [3.8, 4) is 11.5 Å². The lowest BCUT2D eigenvalue weighted by Crippen LogP contribution is -2.29. The summed E-state index contributed by atoms with van der Waals surface area (Å²) in [4.78, 5) is 11.8. The summed E-state index contributed by atoms with van der Waals surface area (Å²) in [7, 11) is 0. The van der Waals surface area contributed by atoms with Gasteiger partial charge in [-0.15, -0.1) is 0 Å². The maximum atomic E-state index is 12.1. The predicted molar refractivity (Wildman–Crippen MR) is 72.7 cm³/mol. The number of halogens is 1. The number of carbonyl (C=O) groups is 1. The quantitative estimate of drug-likeness (QED) is 0.476. The van der Waals surface area contributed by atoms with Crippen molar-refractivity contribution >= 4 is 32.8 Å². The standard InChI is InChI=1S/C13H10BrNO5/c1-2-18-13(16)8-5-15(17)9-4-11-10(19-6-20-11)3-7(9)12(8)14/h3-5H,2,6H2,1H3. The summed E-state index contributed by atoms with van der Waals surface area (Å²) in [6.07, 6.45) is 1.19. The molecule has 7 heteroatoms. The minimum atomic E-state index is -0.552. The highest BCUT2D eigenvalue weighted by molar-refractivity contribution is 9.10. The molecule has 0 saturated carbocycles. The van der Waals surface area contributed by atoms with Crippen LogP contribution in [0.25, 0.3) is 10.9 Å². The molecule has 6 nitrogen and oxygen atoms in total. The molecule has 20 heavy (non-hydrogen) atoms. The fourth-order valence-electron chi connectivity index (χ4n) is 2.03. The second-order valence-electron chi connectivity index (χ2n) is 4.13. The molecule has 0 atom stereocenters. The minimum Gasteiger partial charge on any atom is -0.618 e. The Balaban J connectivity index is 2.24. The van der Waals surface area contributed by atoms with Gasteiger partial charge >= 0.3 is 5.97 Å². The lowest BCUT2D eigenvalue weighted by Gasteiger charge is -2.09. The van der Waals surface area contributed by atoms with E-state index in [1.54, 1.807) is 19.1 Å². The Morgan fingerprint density at radius 1 is 1.45 bits per heavy atom. The molecule has 0 spiro atoms. The van der Waals surface area contributed by atoms with E-state index < -0.39 is 5.97 Å². The Kier molecular flexibility index (Phi) is 3.13. The van der Waals surface area contributed by atoms with Gasteiger partial charge in [-0.2, -0.15) is 4.73 Å². The Morgan fingerprint density at radius 3 is 2.85 bits per heavy atom. The van der Waals surface area contributed by atoms with E-state index in [4.69, 9.17) is 14.2 Å². The zero-order chi connectivity index (χ0) is 14.3. The van der Waals surface area contributed by atoms with Crippen molar-refractivity contribution in [2.45, 2.75) is 6.92 Å². The van der Waals surface area contributed by atoms with Crippen LogP contribution in [0.4, 0.5) is 0 Å². The number of pyridine rings is 1. The van der Waals surface area contributed by atoms with Crippen LogP contribution in [0.5, 0.6) is 11.5 Å². The predicted octanol–water partition coefficient (Wildman–Crippen LogP) is 2.14. The second kappa shape index (κ2) is 4.82. The van der Waals surface area contributed by atoms with E-state index >= 15 is 0 Å². The molecule has 1 aromatic heterocycles. The number of benzene rings is 1. The third-order valence-electron chi connectivity index (χ3n) is 2.94. The molecule has 2 aromatic rings. The third-order valence-corrected chi connectivity index (χ3v) is 3.80. The molecular formula is C13H10BrNO5. The number of hydrogen-bond donors (Lipinski definition) is 0. The maximum Gasteiger partial charge on any atom is 0.345 e. The van der Waals surface area contributed by atoms with Crippen LogP contribution in [-0.2, 0) is 4.74 Å². The number of fused-ring (bicyclic) bond motifs is 2. The van der Waals surface area contributed by atoms with E-state index in [1.165, 1.54) is 6.20 Å². The maximum absolute atomic E-state index is 12.1. The van der Waals surface area contributed by atoms with Crippen LogP contribution in [0.2, 0.25) is 0 Å². The van der Waals surface area contributed by atoms with E-state index in [0.717, 1.165) is 0 Å². The lowest BCUT2D eigenvalue weighted by atomic mass is 10.1. The molecular weight excluding hydrogens is 330 g/mol. The zero-order valence-corrected chi connectivity index (χ0v) is 12.1. The Hall–Kier alpha value is -2.02. The van der Waals surface area contributed by atoms with Gasteiger partial charge in [0, 0.05) is 0 Å². The van der Waals surface area contributed by atoms with Crippen LogP contribution in [0.1, 0.15) is 17.3 Å². The summed E-state index contributed by atoms with van der Waals surface area (Å²) < 4.78 is 16.6. The summed E-state index contributed by atoms with van der Waals surface area (Å²) in [5, 5.41) is 12.6. The van der Waals surface area contributed by atoms with Crippen LogP contribution >= 0.6 is 15.9 Å². The Labute approximate surface area is 122 Å². The number of hydrogen-bond acceptors (Lipinski definition) is 5. The monoisotopic (exact) mass is 339 g/mol. The van der Waals surface area contributed by atoms with Crippen LogP contribution < -0.4 is 14.2 Å². The third kappa shape index (κ3) is 1.94. The first-order chi connectivity index (χ1) is 9.61. The molecule has 0 amide bonds. The van der Waals surface area contributed by atoms with Gasteiger partial charge in [0.05, 0.1) is 22.5 Å². The Bertz CT molecular complexity index is 716. The van der Waals surface area contributed by atoms with Gasteiger partial charge in [-0.1, -0.05) is 0 Å². The topological polar surface area (TPSA) is 71.7 Å². The van der Waals surface area contributed by atoms with Crippen LogP contribution in [0, 0.1) is 5.21 Å². The molecule has 1 aliphatic rings. The summed E-state index contributed by atoms with van der Waals surface area (Å²) in [5.74, 6) is 0.501. The summed E-state index contributed by atoms with van der Waals surface area (Å²) in [6.45, 7) is 2.06. The van der Waals surface area contributed by atoms with E-state index in [0.29, 0.717) is 31.6 Å². The molecule has 1 aromatic carbocycles. The van der Waals surface area contributed by atoms with Gasteiger partial charge in [-0.05, 0) is 28.9 Å². The molecule has 3 rings (SSSR count). The van der Waals surface area contributed by atoms with Crippen molar-refractivity contribution in [1.29, 1.82) is 0 Å². The highest BCUT2D eigenvalue weighted by Crippen LogP contribution is 2.38. The first-order valence-corrected chi connectivity index (χ1v) is 6.73. The second-order valence-corrected chi connectivity index (χ2v) is 4.92. The molecule has 0 fully saturated rings. The summed E-state index contributed by atoms with van der Waals surface area (Å²) in [5.41, 5.74) is 0.558. The van der Waals surface area contributed by atoms with Crippen molar-refractivity contribution < 1.29 is 23.7 Å². The molecule has 0 unspecified atom stereocenters. The molecule has 0 saturated heterocycles. The Morgan fingerprint density at radius 2 is 2.15 bits per heavy atom. The van der Waals surface area contributed by atoms with Gasteiger partial charge in [0.15, 0.2) is 17.7 Å².